The minimum atomic E-state index is -0.343. The topological polar surface area (TPSA) is 67.1 Å². The van der Waals surface area contributed by atoms with Crippen molar-refractivity contribution in [1.29, 1.82) is 0 Å². The lowest BCUT2D eigenvalue weighted by Crippen LogP contribution is -2.43. The number of piperidine rings is 1. The van der Waals surface area contributed by atoms with Crippen LogP contribution < -0.4 is 10.6 Å². The van der Waals surface area contributed by atoms with Crippen LogP contribution in [0.5, 0.6) is 0 Å². The summed E-state index contributed by atoms with van der Waals surface area (Å²) in [5, 5.41) is 8.25. The zero-order valence-corrected chi connectivity index (χ0v) is 18.1. The minimum Gasteiger partial charge on any atom is -0.359 e. The maximum absolute atomic E-state index is 14.5. The van der Waals surface area contributed by atoms with Crippen molar-refractivity contribution >= 4 is 44.7 Å². The molecule has 2 N–H and O–H groups in total. The Morgan fingerprint density at radius 1 is 1.17 bits per heavy atom. The van der Waals surface area contributed by atoms with Crippen molar-refractivity contribution in [3.63, 3.8) is 0 Å². The molecule has 156 valence electrons. The van der Waals surface area contributed by atoms with Crippen molar-refractivity contribution in [1.82, 2.24) is 24.7 Å². The van der Waals surface area contributed by atoms with Crippen molar-refractivity contribution in [3.05, 3.63) is 42.2 Å². The maximum atomic E-state index is 14.5. The Labute approximate surface area is 183 Å². The van der Waals surface area contributed by atoms with Crippen molar-refractivity contribution in [2.45, 2.75) is 50.7 Å². The minimum absolute atomic E-state index is 0. The van der Waals surface area contributed by atoms with Crippen molar-refractivity contribution in [2.24, 2.45) is 0 Å². The van der Waals surface area contributed by atoms with Gasteiger partial charge in [-0.2, -0.15) is 0 Å². The van der Waals surface area contributed by atoms with Crippen LogP contribution in [0.15, 0.2) is 30.7 Å². The molecule has 6 heterocycles. The Bertz CT molecular complexity index is 1230. The zero-order chi connectivity index (χ0) is 19.5. The van der Waals surface area contributed by atoms with E-state index in [1.807, 2.05) is 25.4 Å². The molecule has 30 heavy (non-hydrogen) atoms. The molecule has 6 rings (SSSR count). The first-order chi connectivity index (χ1) is 14.1. The normalized spacial score (nSPS) is 23.1. The predicted octanol–water partition coefficient (Wildman–Crippen LogP) is 4.57. The molecule has 9 heteroatoms. The van der Waals surface area contributed by atoms with Gasteiger partial charge in [-0.15, -0.1) is 12.4 Å². The number of rotatable bonds is 3. The maximum Gasteiger partial charge on any atom is 0.184 e. The second-order valence-corrected chi connectivity index (χ2v) is 9.23. The summed E-state index contributed by atoms with van der Waals surface area (Å²) in [6, 6.07) is 5.26. The molecule has 0 aliphatic carbocycles. The average Bonchev–Trinajstić information content (AvgIpc) is 3.36. The number of fused-ring (bicyclic) bond motifs is 4. The molecule has 2 bridgehead atoms. The second kappa shape index (κ2) is 7.44. The van der Waals surface area contributed by atoms with E-state index in [4.69, 9.17) is 4.98 Å². The lowest BCUT2D eigenvalue weighted by atomic mass is 10.0. The number of aryl methyl sites for hydroxylation is 1. The van der Waals surface area contributed by atoms with Gasteiger partial charge in [-0.25, -0.2) is 14.4 Å². The SMILES string of the molecule is Cc1cn2cc(-c3cc4sc(NC5C[C@H]6CC[C@@H](C5)N6)nc4cn3)cc(F)c2n1.Cl. The lowest BCUT2D eigenvalue weighted by molar-refractivity contribution is 0.378. The Hall–Kier alpha value is -2.29. The van der Waals surface area contributed by atoms with Gasteiger partial charge in [0.05, 0.1) is 22.3 Å². The number of pyridine rings is 2. The zero-order valence-electron chi connectivity index (χ0n) is 16.4. The molecule has 0 saturated carbocycles. The fourth-order valence-corrected chi connectivity index (χ4v) is 5.67. The first kappa shape index (κ1) is 19.7. The summed E-state index contributed by atoms with van der Waals surface area (Å²) in [7, 11) is 0. The van der Waals surface area contributed by atoms with Gasteiger partial charge >= 0.3 is 0 Å². The molecule has 2 aliphatic heterocycles. The molecule has 2 fully saturated rings. The smallest absolute Gasteiger partial charge is 0.184 e. The molecular weight excluding hydrogens is 423 g/mol. The number of nitrogens with zero attached hydrogens (tertiary/aromatic N) is 4. The number of imidazole rings is 1. The van der Waals surface area contributed by atoms with Crippen molar-refractivity contribution in [3.8, 4) is 11.3 Å². The van der Waals surface area contributed by atoms with E-state index in [2.05, 4.69) is 20.6 Å². The van der Waals surface area contributed by atoms with Crippen LogP contribution in [0.25, 0.3) is 27.1 Å². The van der Waals surface area contributed by atoms with Gasteiger partial charge in [0.15, 0.2) is 16.6 Å². The molecule has 2 aliphatic rings. The summed E-state index contributed by atoms with van der Waals surface area (Å²) in [6.07, 6.45) is 10.3. The van der Waals surface area contributed by atoms with Crippen LogP contribution in [0.1, 0.15) is 31.4 Å². The fourth-order valence-electron chi connectivity index (χ4n) is 4.72. The molecule has 0 amide bonds. The number of aromatic nitrogens is 4. The molecule has 4 aromatic heterocycles. The number of hydrogen-bond acceptors (Lipinski definition) is 6. The third kappa shape index (κ3) is 3.42. The van der Waals surface area contributed by atoms with E-state index in [0.717, 1.165) is 45.1 Å². The second-order valence-electron chi connectivity index (χ2n) is 8.20. The standard InChI is InChI=1S/C21H21FN6S.ClH/c1-11-9-28-10-12(4-16(22)20(28)24-11)17-7-19-18(8-23-17)27-21(29-19)26-15-5-13-2-3-14(6-15)25-13;/h4,7-10,13-15,25H,2-3,5-6H2,1H3,(H,26,27);1H/t13-,14+,15?;. The fraction of sp³-hybridized carbons (Fsp3) is 0.381. The summed E-state index contributed by atoms with van der Waals surface area (Å²) in [5.74, 6) is -0.343. The number of anilines is 1. The van der Waals surface area contributed by atoms with E-state index >= 15 is 0 Å². The summed E-state index contributed by atoms with van der Waals surface area (Å²) < 4.78 is 17.2. The summed E-state index contributed by atoms with van der Waals surface area (Å²) in [6.45, 7) is 1.86. The molecule has 0 radical (unpaired) electrons. The highest BCUT2D eigenvalue weighted by atomic mass is 35.5. The Balaban J connectivity index is 0.00000193. The largest absolute Gasteiger partial charge is 0.359 e. The van der Waals surface area contributed by atoms with Gasteiger partial charge in [-0.1, -0.05) is 11.3 Å². The molecular formula is C21H22ClFN6S. The van der Waals surface area contributed by atoms with Gasteiger partial charge in [-0.05, 0) is 44.7 Å². The van der Waals surface area contributed by atoms with Crippen LogP contribution in [-0.2, 0) is 0 Å². The highest BCUT2D eigenvalue weighted by Gasteiger charge is 2.33. The van der Waals surface area contributed by atoms with Gasteiger partial charge < -0.3 is 15.0 Å². The van der Waals surface area contributed by atoms with E-state index in [-0.39, 0.29) is 18.2 Å². The Morgan fingerprint density at radius 2 is 1.97 bits per heavy atom. The third-order valence-corrected chi connectivity index (χ3v) is 6.95. The van der Waals surface area contributed by atoms with E-state index in [9.17, 15) is 4.39 Å². The molecule has 0 spiro atoms. The van der Waals surface area contributed by atoms with E-state index in [1.165, 1.54) is 18.9 Å². The van der Waals surface area contributed by atoms with Gasteiger partial charge in [0.1, 0.15) is 5.52 Å². The number of hydrogen-bond donors (Lipinski definition) is 2. The number of thiazole rings is 1. The molecule has 3 atom stereocenters. The first-order valence-corrected chi connectivity index (χ1v) is 10.9. The van der Waals surface area contributed by atoms with Crippen LogP contribution in [0.3, 0.4) is 0 Å². The van der Waals surface area contributed by atoms with Crippen LogP contribution in [0.2, 0.25) is 0 Å². The van der Waals surface area contributed by atoms with Crippen LogP contribution >= 0.6 is 23.7 Å². The Morgan fingerprint density at radius 3 is 2.77 bits per heavy atom. The van der Waals surface area contributed by atoms with E-state index in [1.54, 1.807) is 21.9 Å². The molecule has 4 aromatic rings. The monoisotopic (exact) mass is 444 g/mol. The third-order valence-electron chi connectivity index (χ3n) is 6.00. The van der Waals surface area contributed by atoms with E-state index < -0.39 is 0 Å². The van der Waals surface area contributed by atoms with Crippen LogP contribution in [0.4, 0.5) is 9.52 Å². The average molecular weight is 445 g/mol. The van der Waals surface area contributed by atoms with Crippen LogP contribution in [-0.4, -0.2) is 37.5 Å². The summed E-state index contributed by atoms with van der Waals surface area (Å²) in [4.78, 5) is 13.5. The molecule has 0 aromatic carbocycles. The first-order valence-electron chi connectivity index (χ1n) is 10.0. The van der Waals surface area contributed by atoms with Gasteiger partial charge in [0.25, 0.3) is 0 Å². The molecule has 6 nitrogen and oxygen atoms in total. The quantitative estimate of drug-likeness (QED) is 0.484. The van der Waals surface area contributed by atoms with Crippen LogP contribution in [0, 0.1) is 12.7 Å². The molecule has 1 unspecified atom stereocenters. The highest BCUT2D eigenvalue weighted by Crippen LogP contribution is 2.33. The van der Waals surface area contributed by atoms with Gasteiger partial charge in [0.2, 0.25) is 0 Å². The van der Waals surface area contributed by atoms with Gasteiger partial charge in [0, 0.05) is 36.1 Å². The number of nitrogens with one attached hydrogen (secondary N) is 2. The van der Waals surface area contributed by atoms with Crippen molar-refractivity contribution < 1.29 is 4.39 Å². The van der Waals surface area contributed by atoms with Crippen molar-refractivity contribution in [2.75, 3.05) is 5.32 Å². The van der Waals surface area contributed by atoms with Gasteiger partial charge in [-0.3, -0.25) is 4.98 Å². The highest BCUT2D eigenvalue weighted by molar-refractivity contribution is 7.22. The Kier molecular flexibility index (Phi) is 4.88. The lowest BCUT2D eigenvalue weighted by Gasteiger charge is -2.29. The summed E-state index contributed by atoms with van der Waals surface area (Å²) in [5.41, 5.74) is 3.46. The predicted molar refractivity (Wildman–Crippen MR) is 120 cm³/mol. The van der Waals surface area contributed by atoms with E-state index in [0.29, 0.717) is 23.8 Å². The molecule has 2 saturated heterocycles. The number of halogens is 2. The summed E-state index contributed by atoms with van der Waals surface area (Å²) >= 11 is 1.64.